The van der Waals surface area contributed by atoms with E-state index in [1.165, 1.54) is 55.3 Å². The number of unbranched alkanes of at least 4 members (excludes halogenated alkanes) is 6. The maximum absolute atomic E-state index is 13.1. The summed E-state index contributed by atoms with van der Waals surface area (Å²) in [5.74, 6) is 1.71. The van der Waals surface area contributed by atoms with Gasteiger partial charge in [0.15, 0.2) is 0 Å². The first-order valence-corrected chi connectivity index (χ1v) is 18.4. The maximum atomic E-state index is 13.1. The molecule has 1 aromatic rings. The first-order valence-electron chi connectivity index (χ1n) is 10.6. The summed E-state index contributed by atoms with van der Waals surface area (Å²) < 4.78 is 32.6. The average Bonchev–Trinajstić information content (AvgIpc) is 2.73. The number of hydrogen-bond donors (Lipinski definition) is 2. The van der Waals surface area contributed by atoms with Gasteiger partial charge in [0.1, 0.15) is 26.0 Å². The van der Waals surface area contributed by atoms with Crippen LogP contribution >= 0.6 is 48.0 Å². The van der Waals surface area contributed by atoms with E-state index >= 15 is 0 Å². The average molecular weight is 589 g/mol. The summed E-state index contributed by atoms with van der Waals surface area (Å²) in [6.07, 6.45) is 9.14. The van der Waals surface area contributed by atoms with Gasteiger partial charge in [-0.3, -0.25) is 9.44 Å². The molecule has 2 atom stereocenters. The normalized spacial score (nSPS) is 14.8. The van der Waals surface area contributed by atoms with Crippen LogP contribution in [0, 0.1) is 0 Å². The molecule has 0 spiro atoms. The molecule has 0 aromatic heterocycles. The lowest BCUT2D eigenvalue weighted by molar-refractivity contribution is 0.678. The summed E-state index contributed by atoms with van der Waals surface area (Å²) in [7, 11) is -6.12. The third-order valence-electron chi connectivity index (χ3n) is 4.32. The van der Waals surface area contributed by atoms with Crippen molar-refractivity contribution in [2.45, 2.75) is 75.0 Å². The highest BCUT2D eigenvalue weighted by atomic mass is 32.8. The van der Waals surface area contributed by atoms with Gasteiger partial charge in [0, 0.05) is 33.9 Å². The molecule has 0 fully saturated rings. The fourth-order valence-corrected chi connectivity index (χ4v) is 9.62. The highest BCUT2D eigenvalue weighted by Gasteiger charge is 2.17. The van der Waals surface area contributed by atoms with Crippen LogP contribution in [0.5, 0.6) is 0 Å². The number of hydrogen-bond acceptors (Lipinski definition) is 8. The number of nitrogens with one attached hydrogen (secondary N) is 2. The van der Waals surface area contributed by atoms with Gasteiger partial charge in [0.2, 0.25) is 0 Å². The van der Waals surface area contributed by atoms with Crippen molar-refractivity contribution in [2.24, 2.45) is 0 Å². The van der Waals surface area contributed by atoms with Crippen LogP contribution in [-0.4, -0.2) is 28.6 Å². The minimum Gasteiger partial charge on any atom is -0.286 e. The summed E-state index contributed by atoms with van der Waals surface area (Å²) in [6.45, 7) is 4.33. The van der Waals surface area contributed by atoms with Crippen molar-refractivity contribution in [3.05, 3.63) is 24.3 Å². The number of thioether (sulfide) groups is 2. The van der Waals surface area contributed by atoms with Crippen LogP contribution in [0.15, 0.2) is 34.1 Å². The van der Waals surface area contributed by atoms with Crippen molar-refractivity contribution in [1.29, 1.82) is 0 Å². The molecule has 32 heavy (non-hydrogen) atoms. The zero-order valence-corrected chi connectivity index (χ0v) is 25.0. The summed E-state index contributed by atoms with van der Waals surface area (Å²) in [6, 6.07) is 6.43. The third kappa shape index (κ3) is 12.2. The van der Waals surface area contributed by atoms with E-state index in [1.54, 1.807) is 18.2 Å². The lowest BCUT2D eigenvalue weighted by atomic mass is 10.2. The van der Waals surface area contributed by atoms with Gasteiger partial charge >= 0.3 is 0 Å². The predicted octanol–water partition coefficient (Wildman–Crippen LogP) is 6.10. The molecule has 0 heterocycles. The molecule has 0 amide bonds. The van der Waals surface area contributed by atoms with Crippen LogP contribution in [0.4, 0.5) is 0 Å². The van der Waals surface area contributed by atoms with Crippen molar-refractivity contribution in [1.82, 2.24) is 9.44 Å². The molecule has 0 aliphatic heterocycles. The Kier molecular flexibility index (Phi) is 15.4. The largest absolute Gasteiger partial charge is 0.286 e. The Balaban J connectivity index is 2.71. The molecule has 0 aliphatic carbocycles. The topological polar surface area (TPSA) is 58.2 Å². The first kappa shape index (κ1) is 30.5. The molecule has 0 radical (unpaired) electrons. The molecule has 182 valence electrons. The van der Waals surface area contributed by atoms with Crippen molar-refractivity contribution in [3.63, 3.8) is 0 Å². The molecule has 1 rings (SSSR count). The Morgan fingerprint density at radius 3 is 1.56 bits per heavy atom. The van der Waals surface area contributed by atoms with Gasteiger partial charge in [0.25, 0.3) is 0 Å². The molecule has 4 nitrogen and oxygen atoms in total. The summed E-state index contributed by atoms with van der Waals surface area (Å²) in [5, 5.41) is 0. The highest BCUT2D eigenvalue weighted by Crippen LogP contribution is 2.19. The molecule has 0 aliphatic rings. The van der Waals surface area contributed by atoms with Crippen LogP contribution in [0.1, 0.15) is 65.2 Å². The van der Waals surface area contributed by atoms with Crippen LogP contribution in [0.25, 0.3) is 0 Å². The van der Waals surface area contributed by atoms with Gasteiger partial charge in [-0.25, -0.2) is 8.42 Å². The van der Waals surface area contributed by atoms with E-state index in [0.29, 0.717) is 18.4 Å². The van der Waals surface area contributed by atoms with Gasteiger partial charge in [0.05, 0.1) is 9.79 Å². The fourth-order valence-electron chi connectivity index (χ4n) is 2.59. The smallest absolute Gasteiger partial charge is 0.145 e. The van der Waals surface area contributed by atoms with E-state index in [2.05, 4.69) is 23.3 Å². The Labute approximate surface area is 223 Å². The quantitative estimate of drug-likeness (QED) is 0.200. The second-order valence-corrected chi connectivity index (χ2v) is 16.8. The van der Waals surface area contributed by atoms with E-state index < -0.39 is 17.4 Å². The van der Waals surface area contributed by atoms with Crippen molar-refractivity contribution >= 4 is 96.3 Å². The standard InChI is InChI=1S/C20H32N2O2S8/c1-3-5-7-9-14-29-19(25)21-31(23,27)17-12-11-13-18(16-17)32(24,28)22-20(26)30-15-10-8-6-4-2/h11-13,16H,3-10,14-15H2,1-2H3,(H,21,25)(H,22,26). The summed E-state index contributed by atoms with van der Waals surface area (Å²) in [5.41, 5.74) is 0. The van der Waals surface area contributed by atoms with E-state index in [-0.39, 0.29) is 0 Å². The van der Waals surface area contributed by atoms with Gasteiger partial charge in [-0.15, -0.1) is 0 Å². The summed E-state index contributed by atoms with van der Waals surface area (Å²) in [4.78, 5) is 0.660. The second-order valence-electron chi connectivity index (χ2n) is 7.08. The van der Waals surface area contributed by atoms with Crippen LogP contribution < -0.4 is 9.44 Å². The second kappa shape index (κ2) is 16.2. The van der Waals surface area contributed by atoms with Gasteiger partial charge in [-0.2, -0.15) is 0 Å². The SMILES string of the molecule is CCCCCCSC(=S)NS(=O)(=S)c1cccc(S(=O)(=S)NC(=S)SCCCCCC)c1. The molecule has 12 heteroatoms. The predicted molar refractivity (Wildman–Crippen MR) is 159 cm³/mol. The third-order valence-corrected chi connectivity index (χ3v) is 11.8. The highest BCUT2D eigenvalue weighted by molar-refractivity contribution is 8.34. The lowest BCUT2D eigenvalue weighted by Crippen LogP contribution is -2.28. The summed E-state index contributed by atoms with van der Waals surface area (Å²) >= 11 is 24.1. The zero-order chi connectivity index (χ0) is 24.0. The Hall–Kier alpha value is 0.440. The minimum atomic E-state index is -3.06. The maximum Gasteiger partial charge on any atom is 0.145 e. The van der Waals surface area contributed by atoms with Crippen LogP contribution in [-0.2, 0) is 39.7 Å². The van der Waals surface area contributed by atoms with Crippen LogP contribution in [0.2, 0.25) is 0 Å². The molecule has 2 N–H and O–H groups in total. The van der Waals surface area contributed by atoms with E-state index in [1.807, 2.05) is 0 Å². The Bertz CT molecular complexity index is 873. The number of thiocarbonyl (C=S) groups is 2. The zero-order valence-electron chi connectivity index (χ0n) is 18.5. The lowest BCUT2D eigenvalue weighted by Gasteiger charge is -2.15. The fraction of sp³-hybridized carbons (Fsp3) is 0.600. The molecule has 1 aromatic carbocycles. The minimum absolute atomic E-state index is 0.330. The van der Waals surface area contributed by atoms with E-state index in [4.69, 9.17) is 46.8 Å². The van der Waals surface area contributed by atoms with E-state index in [0.717, 1.165) is 37.2 Å². The molecular weight excluding hydrogens is 557 g/mol. The van der Waals surface area contributed by atoms with Crippen molar-refractivity contribution < 1.29 is 8.42 Å². The molecule has 0 bridgehead atoms. The van der Waals surface area contributed by atoms with Crippen molar-refractivity contribution in [3.8, 4) is 0 Å². The van der Waals surface area contributed by atoms with Crippen molar-refractivity contribution in [2.75, 3.05) is 11.5 Å². The molecule has 0 saturated carbocycles. The Morgan fingerprint density at radius 2 is 1.19 bits per heavy atom. The monoisotopic (exact) mass is 588 g/mol. The molecule has 2 unspecified atom stereocenters. The first-order chi connectivity index (χ1) is 15.1. The number of benzene rings is 1. The van der Waals surface area contributed by atoms with Gasteiger partial charge < -0.3 is 0 Å². The molecule has 0 saturated heterocycles. The Morgan fingerprint density at radius 1 is 0.781 bits per heavy atom. The number of rotatable bonds is 14. The van der Waals surface area contributed by atoms with E-state index in [9.17, 15) is 8.42 Å². The molecular formula is C20H32N2O2S8. The van der Waals surface area contributed by atoms with Crippen LogP contribution in [0.3, 0.4) is 0 Å². The van der Waals surface area contributed by atoms with Gasteiger partial charge in [-0.1, -0.05) is 106 Å². The van der Waals surface area contributed by atoms with Gasteiger partial charge in [-0.05, 0) is 31.0 Å².